The van der Waals surface area contributed by atoms with Crippen molar-refractivity contribution in [3.05, 3.63) is 168 Å². The number of methoxy groups -OCH3 is 4. The van der Waals surface area contributed by atoms with Gasteiger partial charge in [0.1, 0.15) is 36.8 Å². The number of nitrogens with one attached hydrogen (secondary N) is 1. The van der Waals surface area contributed by atoms with Crippen LogP contribution in [0.3, 0.4) is 0 Å². The lowest BCUT2D eigenvalue weighted by Crippen LogP contribution is -2.56. The van der Waals surface area contributed by atoms with Gasteiger partial charge >= 0.3 is 18.0 Å². The summed E-state index contributed by atoms with van der Waals surface area (Å²) >= 11 is 0. The number of carboxylic acids is 1. The average Bonchev–Trinajstić information content (AvgIpc) is 0.923. The summed E-state index contributed by atoms with van der Waals surface area (Å²) in [6.45, 7) is 15.8. The Morgan fingerprint density at radius 2 is 0.969 bits per heavy atom. The van der Waals surface area contributed by atoms with Gasteiger partial charge in [-0.1, -0.05) is 72.8 Å². The highest BCUT2D eigenvalue weighted by atomic mass is 16.5. The summed E-state index contributed by atoms with van der Waals surface area (Å²) < 4.78 is 44.6. The highest BCUT2D eigenvalue weighted by Crippen LogP contribution is 2.33. The number of carbonyl (C=O) groups excluding carboxylic acids is 3. The second-order valence-corrected chi connectivity index (χ2v) is 24.3. The van der Waals surface area contributed by atoms with Crippen LogP contribution in [0.1, 0.15) is 99.6 Å². The molecule has 0 radical (unpaired) electrons. The predicted octanol–water partition coefficient (Wildman–Crippen LogP) is 11.3. The van der Waals surface area contributed by atoms with Crippen LogP contribution in [0.15, 0.2) is 146 Å². The number of carboxylic acid groups (broad SMARTS) is 1. The van der Waals surface area contributed by atoms with Crippen molar-refractivity contribution in [2.24, 2.45) is 5.73 Å². The molecule has 5 amide bonds. The molecule has 4 heterocycles. The smallest absolute Gasteiger partial charge is 0.326 e. The molecule has 4 fully saturated rings. The van der Waals surface area contributed by atoms with E-state index in [0.29, 0.717) is 76.6 Å². The number of likely N-dealkylation sites (tertiary alicyclic amines) is 2. The van der Waals surface area contributed by atoms with Crippen LogP contribution >= 0.6 is 0 Å². The van der Waals surface area contributed by atoms with Gasteiger partial charge in [-0.2, -0.15) is 0 Å². The molecule has 0 aliphatic carbocycles. The van der Waals surface area contributed by atoms with Gasteiger partial charge in [0, 0.05) is 82.9 Å². The number of carbonyl (C=O) groups is 4. The van der Waals surface area contributed by atoms with Crippen molar-refractivity contribution in [2.75, 3.05) is 143 Å². The van der Waals surface area contributed by atoms with Gasteiger partial charge in [-0.3, -0.25) is 24.4 Å². The average molecular weight is 1340 g/mol. The molecule has 10 rings (SSSR count). The lowest BCUT2D eigenvalue weighted by Gasteiger charge is -2.38. The molecule has 4 N–H and O–H groups in total. The maximum Gasteiger partial charge on any atom is 0.326 e. The van der Waals surface area contributed by atoms with Crippen LogP contribution in [0.5, 0.6) is 34.5 Å². The number of ether oxygens (including phenoxy) is 8. The number of nitrogens with zero attached hydrogens (tertiary/aromatic N) is 6. The van der Waals surface area contributed by atoms with Gasteiger partial charge in [0.2, 0.25) is 5.91 Å². The third-order valence-electron chi connectivity index (χ3n) is 18.1. The number of urea groups is 2. The third kappa shape index (κ3) is 22.2. The van der Waals surface area contributed by atoms with Crippen LogP contribution in [-0.4, -0.2) is 194 Å². The van der Waals surface area contributed by atoms with Gasteiger partial charge in [-0.25, -0.2) is 14.4 Å². The van der Waals surface area contributed by atoms with E-state index in [1.54, 1.807) is 43.1 Å². The van der Waals surface area contributed by atoms with Crippen molar-refractivity contribution in [3.63, 3.8) is 0 Å². The maximum atomic E-state index is 14.2. The number of anilines is 2. The molecule has 21 nitrogen and oxygen atoms in total. The second-order valence-electron chi connectivity index (χ2n) is 24.3. The van der Waals surface area contributed by atoms with Crippen molar-refractivity contribution < 1.29 is 62.2 Å². The molecule has 4 saturated heterocycles. The molecule has 4 atom stereocenters. The lowest BCUT2D eigenvalue weighted by molar-refractivity contribution is -0.143. The van der Waals surface area contributed by atoms with E-state index in [1.807, 2.05) is 141 Å². The van der Waals surface area contributed by atoms with Gasteiger partial charge in [0.15, 0.2) is 23.0 Å². The Kier molecular flexibility index (Phi) is 30.3. The van der Waals surface area contributed by atoms with E-state index in [1.165, 1.54) is 10.5 Å². The zero-order valence-corrected chi connectivity index (χ0v) is 57.7. The largest absolute Gasteiger partial charge is 0.493 e. The van der Waals surface area contributed by atoms with E-state index in [2.05, 4.69) is 33.3 Å². The molecule has 6 aromatic carbocycles. The minimum Gasteiger partial charge on any atom is -0.493 e. The molecule has 4 aliphatic heterocycles. The van der Waals surface area contributed by atoms with E-state index < -0.39 is 18.1 Å². The molecule has 97 heavy (non-hydrogen) atoms. The van der Waals surface area contributed by atoms with Gasteiger partial charge in [-0.05, 0) is 173 Å². The normalized spacial score (nSPS) is 17.1. The quantitative estimate of drug-likeness (QED) is 0.0436. The summed E-state index contributed by atoms with van der Waals surface area (Å²) in [5.41, 5.74) is 12.4. The Balaban J connectivity index is 0.000000207. The monoisotopic (exact) mass is 1330 g/mol. The number of hydrogen-bond donors (Lipinski definition) is 3. The van der Waals surface area contributed by atoms with E-state index in [4.69, 9.17) is 43.6 Å². The Labute approximate surface area is 573 Å². The molecule has 21 heteroatoms. The number of amides is 5. The SMILES string of the molecule is CCN(C(=O)N1CCCC[C@H]1C(=O)N[C@H](CCc1ccc(OC)c(OC)c1)c1cccc(OCCN2CCOCC2)c1)c1ccccc1.CCN(C(=O)N1CCCC[C@H]1C(=O)O)c1ccccc1.COc1ccc(CC[C@@H](N)c2cccc(OCCN3CCOCC3)c2)cc1OC. The fourth-order valence-corrected chi connectivity index (χ4v) is 12.6. The van der Waals surface area contributed by atoms with Crippen molar-refractivity contribution in [1.29, 1.82) is 0 Å². The molecule has 0 spiro atoms. The van der Waals surface area contributed by atoms with E-state index in [0.717, 1.165) is 155 Å². The molecule has 0 unspecified atom stereocenters. The molecule has 524 valence electrons. The van der Waals surface area contributed by atoms with Gasteiger partial charge in [-0.15, -0.1) is 0 Å². The summed E-state index contributed by atoms with van der Waals surface area (Å²) in [7, 11) is 6.54. The maximum absolute atomic E-state index is 14.2. The zero-order valence-electron chi connectivity index (χ0n) is 57.7. The van der Waals surface area contributed by atoms with Gasteiger partial charge < -0.3 is 63.9 Å². The number of aliphatic carboxylic acids is 1. The Morgan fingerprint density at radius 3 is 1.43 bits per heavy atom. The topological polar surface area (TPSA) is 220 Å². The summed E-state index contributed by atoms with van der Waals surface area (Å²) in [5.74, 6) is 3.41. The molecular formula is C76H102N8O13. The molecule has 4 aliphatic rings. The Morgan fingerprint density at radius 1 is 0.526 bits per heavy atom. The van der Waals surface area contributed by atoms with Crippen LogP contribution in [0.2, 0.25) is 0 Å². The summed E-state index contributed by atoms with van der Waals surface area (Å²) in [5, 5.41) is 12.6. The first-order valence-electron chi connectivity index (χ1n) is 34.4. The van der Waals surface area contributed by atoms with Crippen molar-refractivity contribution in [3.8, 4) is 34.5 Å². The van der Waals surface area contributed by atoms with Crippen LogP contribution in [-0.2, 0) is 31.9 Å². The van der Waals surface area contributed by atoms with E-state index in [9.17, 15) is 24.3 Å². The highest BCUT2D eigenvalue weighted by Gasteiger charge is 2.37. The van der Waals surface area contributed by atoms with Crippen molar-refractivity contribution in [2.45, 2.75) is 102 Å². The van der Waals surface area contributed by atoms with Crippen molar-refractivity contribution in [1.82, 2.24) is 24.9 Å². The Hall–Kier alpha value is -8.60. The summed E-state index contributed by atoms with van der Waals surface area (Å²) in [6, 6.07) is 45.1. The molecule has 0 bridgehead atoms. The first-order chi connectivity index (χ1) is 47.3. The van der Waals surface area contributed by atoms with Crippen LogP contribution in [0.4, 0.5) is 21.0 Å². The number of rotatable bonds is 27. The number of benzene rings is 6. The predicted molar refractivity (Wildman–Crippen MR) is 378 cm³/mol. The van der Waals surface area contributed by atoms with Gasteiger partial charge in [0.05, 0.1) is 60.9 Å². The number of morpholine rings is 2. The summed E-state index contributed by atoms with van der Waals surface area (Å²) in [6.07, 6.45) is 7.68. The van der Waals surface area contributed by atoms with Crippen LogP contribution in [0, 0.1) is 0 Å². The first kappa shape index (κ1) is 74.2. The number of hydrogen-bond acceptors (Lipinski definition) is 15. The molecule has 0 saturated carbocycles. The highest BCUT2D eigenvalue weighted by molar-refractivity contribution is 5.96. The van der Waals surface area contributed by atoms with Crippen molar-refractivity contribution >= 4 is 35.3 Å². The van der Waals surface area contributed by atoms with Crippen LogP contribution in [0.25, 0.3) is 0 Å². The van der Waals surface area contributed by atoms with E-state index in [-0.39, 0.29) is 30.1 Å². The zero-order chi connectivity index (χ0) is 68.7. The van der Waals surface area contributed by atoms with Crippen LogP contribution < -0.4 is 49.3 Å². The minimum absolute atomic E-state index is 0.0501. The number of para-hydroxylation sites is 2. The Bertz CT molecular complexity index is 3350. The second kappa shape index (κ2) is 39.6. The molecular weight excluding hydrogens is 1230 g/mol. The molecule has 0 aromatic heterocycles. The number of aryl methyl sites for hydroxylation is 2. The molecule has 6 aromatic rings. The third-order valence-corrected chi connectivity index (χ3v) is 18.1. The number of nitrogens with two attached hydrogens (primary N) is 1. The fraction of sp³-hybridized carbons (Fsp3) is 0.474. The first-order valence-corrected chi connectivity index (χ1v) is 34.4. The minimum atomic E-state index is -0.915. The van der Waals surface area contributed by atoms with E-state index >= 15 is 0 Å². The summed E-state index contributed by atoms with van der Waals surface area (Å²) in [4.78, 5) is 63.3. The fourth-order valence-electron chi connectivity index (χ4n) is 12.6. The van der Waals surface area contributed by atoms with Gasteiger partial charge in [0.25, 0.3) is 0 Å². The number of piperidine rings is 2. The lowest BCUT2D eigenvalue weighted by atomic mass is 9.96. The standard InChI is InChI=1S/C38H50N4O6.C23H32N2O4.C15H20N2O3/c1-4-41(31-12-6-5-7-13-31)38(44)42-20-9-8-15-34(42)37(43)39-33(18-16-29-17-19-35(45-2)36(27-29)46-3)30-11-10-14-32(28-30)48-26-23-40-21-24-47-25-22-40;1-26-22-9-7-18(16-23(22)27-2)6-8-21(24)19-4-3-5-20(17-19)29-15-12-25-10-13-28-14-11-25;1-2-16(12-8-4-3-5-9-12)15(20)17-11-7-6-10-13(17)14(18)19/h5-7,10-14,17,19,27-28,33-34H,4,8-9,15-16,18,20-26H2,1-3H3,(H,39,43);3-5,7,9,16-17,21H,6,8,10-15,24H2,1-2H3;3-5,8-9,13H,2,6-7,10-11H2,1H3,(H,18,19)/t33-,34+;21-;13-/m110/s1.